The van der Waals surface area contributed by atoms with E-state index in [4.69, 9.17) is 5.41 Å². The number of halogens is 2. The predicted molar refractivity (Wildman–Crippen MR) is 91.6 cm³/mol. The number of carbonyl (C=O) groups excluding carboxylic acids is 1. The molecule has 128 valence electrons. The molecule has 0 unspecified atom stereocenters. The van der Waals surface area contributed by atoms with Crippen molar-refractivity contribution in [1.29, 1.82) is 5.41 Å². The molecule has 0 aliphatic heterocycles. The van der Waals surface area contributed by atoms with Crippen LogP contribution in [0.2, 0.25) is 0 Å². The first-order valence-corrected chi connectivity index (χ1v) is 7.88. The first kappa shape index (κ1) is 18.1. The molecule has 0 aliphatic rings. The van der Waals surface area contributed by atoms with E-state index in [0.29, 0.717) is 5.69 Å². The summed E-state index contributed by atoms with van der Waals surface area (Å²) in [4.78, 5) is 12.0. The van der Waals surface area contributed by atoms with Gasteiger partial charge in [-0.05, 0) is 49.9 Å². The van der Waals surface area contributed by atoms with Gasteiger partial charge in [-0.2, -0.15) is 0 Å². The molecule has 0 bridgehead atoms. The highest BCUT2D eigenvalue weighted by molar-refractivity contribution is 9.10. The second-order valence-electron chi connectivity index (χ2n) is 6.38. The zero-order valence-corrected chi connectivity index (χ0v) is 15.0. The van der Waals surface area contributed by atoms with Crippen LogP contribution in [-0.2, 0) is 4.79 Å². The van der Waals surface area contributed by atoms with Gasteiger partial charge in [0.05, 0.1) is 4.47 Å². The number of anilines is 2. The maximum Gasteiger partial charge on any atom is 0.226 e. The SMILES string of the molecule is CC(C)(C)CC(=O)Nc1nonc1C(=N)Nc1ccc(F)c(Br)c1. The molecule has 1 aromatic heterocycles. The van der Waals surface area contributed by atoms with Gasteiger partial charge in [-0.1, -0.05) is 20.8 Å². The second kappa shape index (κ2) is 7.08. The topological polar surface area (TPSA) is 104 Å². The molecule has 0 radical (unpaired) electrons. The van der Waals surface area contributed by atoms with Gasteiger partial charge in [0.15, 0.2) is 11.5 Å². The van der Waals surface area contributed by atoms with Crippen molar-refractivity contribution in [3.63, 3.8) is 0 Å². The maximum absolute atomic E-state index is 13.2. The molecule has 2 aromatic rings. The average Bonchev–Trinajstić information content (AvgIpc) is 2.88. The zero-order chi connectivity index (χ0) is 17.9. The Kier molecular flexibility index (Phi) is 5.33. The normalized spacial score (nSPS) is 11.2. The van der Waals surface area contributed by atoms with E-state index in [1.807, 2.05) is 20.8 Å². The Labute approximate surface area is 146 Å². The molecule has 0 saturated carbocycles. The van der Waals surface area contributed by atoms with E-state index < -0.39 is 5.82 Å². The summed E-state index contributed by atoms with van der Waals surface area (Å²) < 4.78 is 18.1. The fraction of sp³-hybridized carbons (Fsp3) is 0.333. The van der Waals surface area contributed by atoms with E-state index in [9.17, 15) is 9.18 Å². The van der Waals surface area contributed by atoms with Gasteiger partial charge in [-0.3, -0.25) is 10.2 Å². The Balaban J connectivity index is 2.09. The molecule has 7 nitrogen and oxygen atoms in total. The second-order valence-corrected chi connectivity index (χ2v) is 7.23. The summed E-state index contributed by atoms with van der Waals surface area (Å²) in [6.45, 7) is 5.81. The zero-order valence-electron chi connectivity index (χ0n) is 13.4. The lowest BCUT2D eigenvalue weighted by Crippen LogP contribution is -2.22. The van der Waals surface area contributed by atoms with Crippen molar-refractivity contribution in [2.24, 2.45) is 5.41 Å². The van der Waals surface area contributed by atoms with E-state index >= 15 is 0 Å². The van der Waals surface area contributed by atoms with Crippen LogP contribution in [0, 0.1) is 16.6 Å². The Hall–Kier alpha value is -2.29. The van der Waals surface area contributed by atoms with Crippen molar-refractivity contribution in [1.82, 2.24) is 10.3 Å². The molecule has 1 amide bonds. The summed E-state index contributed by atoms with van der Waals surface area (Å²) in [6, 6.07) is 4.21. The third-order valence-corrected chi connectivity index (χ3v) is 3.47. The summed E-state index contributed by atoms with van der Waals surface area (Å²) in [6.07, 6.45) is 0.283. The largest absolute Gasteiger partial charge is 0.339 e. The van der Waals surface area contributed by atoms with Crippen LogP contribution in [0.25, 0.3) is 0 Å². The summed E-state index contributed by atoms with van der Waals surface area (Å²) in [5, 5.41) is 20.6. The van der Waals surface area contributed by atoms with Gasteiger partial charge in [0.2, 0.25) is 11.7 Å². The van der Waals surface area contributed by atoms with Crippen LogP contribution in [0.5, 0.6) is 0 Å². The predicted octanol–water partition coefficient (Wildman–Crippen LogP) is 3.78. The van der Waals surface area contributed by atoms with Crippen molar-refractivity contribution in [3.8, 4) is 0 Å². The van der Waals surface area contributed by atoms with Crippen LogP contribution in [0.1, 0.15) is 32.9 Å². The molecule has 0 fully saturated rings. The number of carbonyl (C=O) groups is 1. The molecule has 0 atom stereocenters. The Bertz CT molecular complexity index is 769. The third kappa shape index (κ3) is 4.85. The minimum absolute atomic E-state index is 0.0534. The minimum Gasteiger partial charge on any atom is -0.339 e. The number of amidine groups is 1. The van der Waals surface area contributed by atoms with Gasteiger partial charge in [-0.25, -0.2) is 9.02 Å². The van der Waals surface area contributed by atoms with E-state index in [2.05, 4.69) is 41.5 Å². The molecule has 9 heteroatoms. The maximum atomic E-state index is 13.2. The van der Waals surface area contributed by atoms with Gasteiger partial charge in [0, 0.05) is 12.1 Å². The van der Waals surface area contributed by atoms with Crippen molar-refractivity contribution in [2.75, 3.05) is 10.6 Å². The Morgan fingerprint density at radius 2 is 2.04 bits per heavy atom. The van der Waals surface area contributed by atoms with E-state index in [-0.39, 0.29) is 39.6 Å². The number of hydrogen-bond acceptors (Lipinski definition) is 5. The molecular weight excluding hydrogens is 381 g/mol. The lowest BCUT2D eigenvalue weighted by Gasteiger charge is -2.16. The number of amides is 1. The molecular formula is C15H17BrFN5O2. The van der Waals surface area contributed by atoms with Gasteiger partial charge in [0.25, 0.3) is 0 Å². The molecule has 24 heavy (non-hydrogen) atoms. The van der Waals surface area contributed by atoms with Gasteiger partial charge >= 0.3 is 0 Å². The highest BCUT2D eigenvalue weighted by atomic mass is 79.9. The summed E-state index contributed by atoms with van der Waals surface area (Å²) in [5.74, 6) is -0.745. The number of aromatic nitrogens is 2. The number of rotatable bonds is 4. The van der Waals surface area contributed by atoms with Crippen molar-refractivity contribution < 1.29 is 13.8 Å². The number of nitrogens with one attached hydrogen (secondary N) is 3. The Morgan fingerprint density at radius 1 is 1.33 bits per heavy atom. The molecule has 0 aliphatic carbocycles. The first-order valence-electron chi connectivity index (χ1n) is 7.09. The number of benzene rings is 1. The standard InChI is InChI=1S/C15H17BrFN5O2/c1-15(2,3)7-11(23)20-14-12(21-24-22-14)13(18)19-8-4-5-10(17)9(16)6-8/h4-6H,7H2,1-3H3,(H2,18,19)(H,20,22,23). The lowest BCUT2D eigenvalue weighted by atomic mass is 9.92. The number of nitrogens with zero attached hydrogens (tertiary/aromatic N) is 2. The minimum atomic E-state index is -0.412. The van der Waals surface area contributed by atoms with Crippen LogP contribution in [0.4, 0.5) is 15.9 Å². The quantitative estimate of drug-likeness (QED) is 0.537. The van der Waals surface area contributed by atoms with E-state index in [0.717, 1.165) is 0 Å². The van der Waals surface area contributed by atoms with Crippen LogP contribution in [-0.4, -0.2) is 22.1 Å². The van der Waals surface area contributed by atoms with Gasteiger partial charge in [0.1, 0.15) is 5.82 Å². The van der Waals surface area contributed by atoms with Crippen LogP contribution < -0.4 is 10.6 Å². The summed E-state index contributed by atoms with van der Waals surface area (Å²) in [7, 11) is 0. The highest BCUT2D eigenvalue weighted by Crippen LogP contribution is 2.22. The van der Waals surface area contributed by atoms with Crippen molar-refractivity contribution in [3.05, 3.63) is 34.2 Å². The highest BCUT2D eigenvalue weighted by Gasteiger charge is 2.21. The average molecular weight is 398 g/mol. The molecule has 1 aromatic carbocycles. The molecule has 1 heterocycles. The fourth-order valence-electron chi connectivity index (χ4n) is 1.87. The summed E-state index contributed by atoms with van der Waals surface area (Å²) in [5.41, 5.74) is 0.342. The molecule has 3 N–H and O–H groups in total. The summed E-state index contributed by atoms with van der Waals surface area (Å²) >= 11 is 3.07. The monoisotopic (exact) mass is 397 g/mol. The molecule has 2 rings (SSSR count). The fourth-order valence-corrected chi connectivity index (χ4v) is 2.25. The van der Waals surface area contributed by atoms with Crippen LogP contribution >= 0.6 is 15.9 Å². The molecule has 0 saturated heterocycles. The van der Waals surface area contributed by atoms with Crippen molar-refractivity contribution in [2.45, 2.75) is 27.2 Å². The van der Waals surface area contributed by atoms with Gasteiger partial charge in [-0.15, -0.1) is 0 Å². The Morgan fingerprint density at radius 3 is 2.67 bits per heavy atom. The van der Waals surface area contributed by atoms with Crippen LogP contribution in [0.3, 0.4) is 0 Å². The van der Waals surface area contributed by atoms with Crippen LogP contribution in [0.15, 0.2) is 27.3 Å². The third-order valence-electron chi connectivity index (χ3n) is 2.86. The van der Waals surface area contributed by atoms with Gasteiger partial charge < -0.3 is 10.6 Å². The molecule has 0 spiro atoms. The van der Waals surface area contributed by atoms with Crippen molar-refractivity contribution >= 4 is 39.2 Å². The number of hydrogen-bond donors (Lipinski definition) is 3. The van der Waals surface area contributed by atoms with E-state index in [1.54, 1.807) is 0 Å². The first-order chi connectivity index (χ1) is 11.2. The van der Waals surface area contributed by atoms with E-state index in [1.165, 1.54) is 18.2 Å². The lowest BCUT2D eigenvalue weighted by molar-refractivity contribution is -0.117. The smallest absolute Gasteiger partial charge is 0.226 e.